The molecule has 1 aromatic heterocycles. The van der Waals surface area contributed by atoms with Crippen molar-refractivity contribution in [3.05, 3.63) is 106 Å². The number of fused-ring (bicyclic) bond motifs is 1. The number of esters is 1. The quantitative estimate of drug-likeness (QED) is 0.185. The number of hydrogen-bond donors (Lipinski definition) is 0. The van der Waals surface area contributed by atoms with Gasteiger partial charge in [0.2, 0.25) is 11.2 Å². The van der Waals surface area contributed by atoms with Crippen molar-refractivity contribution in [3.63, 3.8) is 0 Å². The molecule has 0 atom stereocenters. The van der Waals surface area contributed by atoms with E-state index in [-0.39, 0.29) is 33.5 Å². The Labute approximate surface area is 183 Å². The lowest BCUT2D eigenvalue weighted by Crippen LogP contribution is -2.10. The van der Waals surface area contributed by atoms with Crippen LogP contribution in [0.3, 0.4) is 0 Å². The lowest BCUT2D eigenvalue weighted by molar-refractivity contribution is -0.129. The summed E-state index contributed by atoms with van der Waals surface area (Å²) in [5.74, 6) is -0.0912. The fourth-order valence-electron chi connectivity index (χ4n) is 3.05. The highest BCUT2D eigenvalue weighted by Gasteiger charge is 2.15. The van der Waals surface area contributed by atoms with E-state index in [9.17, 15) is 14.9 Å². The summed E-state index contributed by atoms with van der Waals surface area (Å²) in [5.41, 5.74) is 1.42. The van der Waals surface area contributed by atoms with Gasteiger partial charge in [-0.05, 0) is 48.4 Å². The third-order valence-corrected chi connectivity index (χ3v) is 4.59. The molecule has 4 aromatic rings. The van der Waals surface area contributed by atoms with Crippen LogP contribution < -0.4 is 14.9 Å². The number of nitriles is 1. The Balaban J connectivity index is 1.57. The molecule has 0 unspecified atom stereocenters. The third-order valence-electron chi connectivity index (χ3n) is 4.59. The van der Waals surface area contributed by atoms with Gasteiger partial charge < -0.3 is 13.9 Å². The second kappa shape index (κ2) is 9.02. The van der Waals surface area contributed by atoms with E-state index in [0.717, 1.165) is 5.56 Å². The van der Waals surface area contributed by atoms with Crippen molar-refractivity contribution < 1.29 is 18.7 Å². The lowest BCUT2D eigenvalue weighted by atomic mass is 10.1. The molecule has 0 N–H and O–H groups in total. The number of hydrogen-bond acceptors (Lipinski definition) is 6. The Kier molecular flexibility index (Phi) is 5.82. The summed E-state index contributed by atoms with van der Waals surface area (Å²) in [5, 5.41) is 9.59. The highest BCUT2D eigenvalue weighted by Crippen LogP contribution is 2.25. The second-order valence-electron chi connectivity index (χ2n) is 6.98. The highest BCUT2D eigenvalue weighted by atomic mass is 16.5. The Morgan fingerprint density at radius 1 is 1.00 bits per heavy atom. The largest absolute Gasteiger partial charge is 0.460 e. The van der Waals surface area contributed by atoms with E-state index in [1.165, 1.54) is 30.5 Å². The number of rotatable bonds is 5. The fourth-order valence-corrected chi connectivity index (χ4v) is 3.05. The molecule has 0 fully saturated rings. The molecule has 32 heavy (non-hydrogen) atoms. The van der Waals surface area contributed by atoms with Gasteiger partial charge in [0.05, 0.1) is 5.39 Å². The SMILES string of the molecule is Cc1cccc(Oc2coc3cc(OC(=O)C(C#N)=Cc4ccccc4)ccc3c2=O)c1. The molecule has 0 radical (unpaired) electrons. The average molecular weight is 423 g/mol. The monoisotopic (exact) mass is 423 g/mol. The van der Waals surface area contributed by atoms with Crippen molar-refractivity contribution >= 4 is 23.0 Å². The van der Waals surface area contributed by atoms with E-state index in [4.69, 9.17) is 13.9 Å². The molecule has 0 saturated carbocycles. The molecule has 4 rings (SSSR count). The summed E-state index contributed by atoms with van der Waals surface area (Å²) in [7, 11) is 0. The second-order valence-corrected chi connectivity index (χ2v) is 6.98. The minimum Gasteiger partial charge on any atom is -0.460 e. The number of carbonyl (C=O) groups is 1. The Hall–Kier alpha value is -4.63. The van der Waals surface area contributed by atoms with Crippen molar-refractivity contribution in [2.24, 2.45) is 0 Å². The van der Waals surface area contributed by atoms with E-state index in [0.29, 0.717) is 11.3 Å². The van der Waals surface area contributed by atoms with Gasteiger partial charge in [0.25, 0.3) is 0 Å². The minimum absolute atomic E-state index is 0.0467. The zero-order valence-electron chi connectivity index (χ0n) is 17.1. The average Bonchev–Trinajstić information content (AvgIpc) is 2.80. The lowest BCUT2D eigenvalue weighted by Gasteiger charge is -2.07. The van der Waals surface area contributed by atoms with Gasteiger partial charge in [-0.2, -0.15) is 5.26 Å². The van der Waals surface area contributed by atoms with E-state index in [2.05, 4.69) is 0 Å². The minimum atomic E-state index is -0.808. The number of benzene rings is 3. The van der Waals surface area contributed by atoms with Crippen LogP contribution in [0.2, 0.25) is 0 Å². The molecule has 6 heteroatoms. The number of aryl methyl sites for hydroxylation is 1. The summed E-state index contributed by atoms with van der Waals surface area (Å²) < 4.78 is 16.5. The fraction of sp³-hybridized carbons (Fsp3) is 0.0385. The molecular formula is C26H17NO5. The molecule has 3 aromatic carbocycles. The predicted octanol–water partition coefficient (Wildman–Crippen LogP) is 5.41. The Morgan fingerprint density at radius 3 is 2.56 bits per heavy atom. The van der Waals surface area contributed by atoms with Gasteiger partial charge >= 0.3 is 5.97 Å². The van der Waals surface area contributed by atoms with Crippen molar-refractivity contribution in [2.45, 2.75) is 6.92 Å². The van der Waals surface area contributed by atoms with Crippen LogP contribution in [0, 0.1) is 18.3 Å². The summed E-state index contributed by atoms with van der Waals surface area (Å²) >= 11 is 0. The molecule has 0 aliphatic rings. The summed E-state index contributed by atoms with van der Waals surface area (Å²) in [6.07, 6.45) is 2.66. The molecule has 0 amide bonds. The van der Waals surface area contributed by atoms with Crippen LogP contribution in [0.25, 0.3) is 17.0 Å². The van der Waals surface area contributed by atoms with Crippen LogP contribution in [0.5, 0.6) is 17.2 Å². The van der Waals surface area contributed by atoms with E-state index in [1.54, 1.807) is 30.3 Å². The van der Waals surface area contributed by atoms with Gasteiger partial charge in [0.15, 0.2) is 0 Å². The van der Waals surface area contributed by atoms with Gasteiger partial charge in [-0.25, -0.2) is 4.79 Å². The topological polar surface area (TPSA) is 89.5 Å². The van der Waals surface area contributed by atoms with Crippen LogP contribution in [-0.2, 0) is 4.79 Å². The van der Waals surface area contributed by atoms with Gasteiger partial charge in [-0.15, -0.1) is 0 Å². The maximum absolute atomic E-state index is 12.8. The molecular weight excluding hydrogens is 406 g/mol. The zero-order valence-corrected chi connectivity index (χ0v) is 17.1. The summed E-state index contributed by atoms with van der Waals surface area (Å²) in [6, 6.07) is 22.5. The van der Waals surface area contributed by atoms with Gasteiger partial charge in [0.1, 0.15) is 35.0 Å². The number of nitrogens with zero attached hydrogens (tertiary/aromatic N) is 1. The van der Waals surface area contributed by atoms with Gasteiger partial charge in [-0.1, -0.05) is 42.5 Å². The predicted molar refractivity (Wildman–Crippen MR) is 119 cm³/mol. The van der Waals surface area contributed by atoms with Crippen molar-refractivity contribution in [1.82, 2.24) is 0 Å². The van der Waals surface area contributed by atoms with Gasteiger partial charge in [0, 0.05) is 6.07 Å². The molecule has 6 nitrogen and oxygen atoms in total. The van der Waals surface area contributed by atoms with Crippen molar-refractivity contribution in [3.8, 4) is 23.3 Å². The van der Waals surface area contributed by atoms with E-state index < -0.39 is 5.97 Å². The normalized spacial score (nSPS) is 11.1. The zero-order chi connectivity index (χ0) is 22.5. The summed E-state index contributed by atoms with van der Waals surface area (Å²) in [6.45, 7) is 1.92. The first-order valence-electron chi connectivity index (χ1n) is 9.72. The van der Waals surface area contributed by atoms with Crippen LogP contribution in [-0.4, -0.2) is 5.97 Å². The first-order valence-corrected chi connectivity index (χ1v) is 9.72. The summed E-state index contributed by atoms with van der Waals surface area (Å²) in [4.78, 5) is 25.2. The molecule has 156 valence electrons. The maximum Gasteiger partial charge on any atom is 0.354 e. The molecule has 0 aliphatic carbocycles. The van der Waals surface area contributed by atoms with Gasteiger partial charge in [-0.3, -0.25) is 4.79 Å². The first-order chi connectivity index (χ1) is 15.5. The smallest absolute Gasteiger partial charge is 0.354 e. The Morgan fingerprint density at radius 2 is 1.81 bits per heavy atom. The molecule has 0 saturated heterocycles. The Bertz CT molecular complexity index is 1430. The van der Waals surface area contributed by atoms with Crippen LogP contribution >= 0.6 is 0 Å². The molecule has 0 bridgehead atoms. The van der Waals surface area contributed by atoms with Crippen LogP contribution in [0.15, 0.2) is 93.8 Å². The number of carbonyl (C=O) groups excluding carboxylic acids is 1. The van der Waals surface area contributed by atoms with E-state index in [1.807, 2.05) is 37.3 Å². The number of ether oxygens (including phenoxy) is 2. The van der Waals surface area contributed by atoms with Crippen molar-refractivity contribution in [1.29, 1.82) is 5.26 Å². The maximum atomic E-state index is 12.8. The van der Waals surface area contributed by atoms with E-state index >= 15 is 0 Å². The standard InChI is InChI=1S/C26H17NO5/c1-17-6-5-9-20(12-17)31-24-16-30-23-14-21(10-11-22(23)25(24)28)32-26(29)19(15-27)13-18-7-3-2-4-8-18/h2-14,16H,1H3. The van der Waals surface area contributed by atoms with Crippen molar-refractivity contribution in [2.75, 3.05) is 0 Å². The molecule has 0 spiro atoms. The van der Waals surface area contributed by atoms with Crippen LogP contribution in [0.1, 0.15) is 11.1 Å². The molecule has 1 heterocycles. The first kappa shape index (κ1) is 20.6. The highest BCUT2D eigenvalue weighted by molar-refractivity contribution is 5.99. The molecule has 0 aliphatic heterocycles. The third kappa shape index (κ3) is 4.58. The van der Waals surface area contributed by atoms with Crippen LogP contribution in [0.4, 0.5) is 0 Å².